The summed E-state index contributed by atoms with van der Waals surface area (Å²) >= 11 is 5.00. The van der Waals surface area contributed by atoms with E-state index in [9.17, 15) is 8.42 Å². The van der Waals surface area contributed by atoms with E-state index in [2.05, 4.69) is 4.72 Å². The van der Waals surface area contributed by atoms with Gasteiger partial charge in [-0.05, 0) is 25.7 Å². The van der Waals surface area contributed by atoms with Crippen LogP contribution in [0.4, 0.5) is 0 Å². The zero-order valence-corrected chi connectivity index (χ0v) is 12.0. The molecular weight excluding hydrogens is 258 g/mol. The van der Waals surface area contributed by atoms with Crippen LogP contribution in [0, 0.1) is 0 Å². The van der Waals surface area contributed by atoms with Crippen LogP contribution in [0.5, 0.6) is 0 Å². The van der Waals surface area contributed by atoms with E-state index < -0.39 is 15.7 Å². The van der Waals surface area contributed by atoms with Gasteiger partial charge in [0.1, 0.15) is 0 Å². The Hall–Kier alpha value is -0.240. The number of thiocarbonyl (C=S) groups is 1. The third kappa shape index (κ3) is 3.15. The molecule has 0 aromatic rings. The Kier molecular flexibility index (Phi) is 4.88. The molecule has 0 saturated carbocycles. The van der Waals surface area contributed by atoms with Gasteiger partial charge in [0.25, 0.3) is 10.2 Å². The van der Waals surface area contributed by atoms with E-state index in [4.69, 9.17) is 18.0 Å². The van der Waals surface area contributed by atoms with Gasteiger partial charge < -0.3 is 5.73 Å². The monoisotopic (exact) mass is 279 g/mol. The van der Waals surface area contributed by atoms with Crippen LogP contribution in [0.15, 0.2) is 0 Å². The average Bonchev–Trinajstić information content (AvgIpc) is 2.79. The molecule has 7 heteroatoms. The summed E-state index contributed by atoms with van der Waals surface area (Å²) in [5, 5.41) is 0. The van der Waals surface area contributed by atoms with Crippen molar-refractivity contribution in [1.82, 2.24) is 9.03 Å². The first kappa shape index (κ1) is 14.8. The maximum atomic E-state index is 12.2. The van der Waals surface area contributed by atoms with Crippen LogP contribution in [0.2, 0.25) is 0 Å². The van der Waals surface area contributed by atoms with Crippen LogP contribution in [-0.2, 0) is 10.2 Å². The highest BCUT2D eigenvalue weighted by molar-refractivity contribution is 7.87. The van der Waals surface area contributed by atoms with E-state index in [0.717, 1.165) is 12.8 Å². The van der Waals surface area contributed by atoms with E-state index in [1.165, 1.54) is 4.31 Å². The number of rotatable bonds is 6. The van der Waals surface area contributed by atoms with Gasteiger partial charge in [0.2, 0.25) is 0 Å². The Bertz CT molecular complexity index is 371. The third-order valence-electron chi connectivity index (χ3n) is 3.41. The Labute approximate surface area is 109 Å². The van der Waals surface area contributed by atoms with Gasteiger partial charge in [-0.3, -0.25) is 0 Å². The van der Waals surface area contributed by atoms with Gasteiger partial charge in [0.15, 0.2) is 0 Å². The fourth-order valence-electron chi connectivity index (χ4n) is 2.03. The summed E-state index contributed by atoms with van der Waals surface area (Å²) < 4.78 is 28.5. The number of nitrogens with one attached hydrogen (secondary N) is 1. The summed E-state index contributed by atoms with van der Waals surface area (Å²) in [5.41, 5.74) is 4.89. The second kappa shape index (κ2) is 5.60. The molecule has 17 heavy (non-hydrogen) atoms. The predicted molar refractivity (Wildman–Crippen MR) is 73.0 cm³/mol. The van der Waals surface area contributed by atoms with Crippen molar-refractivity contribution < 1.29 is 8.42 Å². The average molecular weight is 279 g/mol. The number of hydrogen-bond acceptors (Lipinski definition) is 3. The molecule has 1 aliphatic heterocycles. The minimum Gasteiger partial charge on any atom is -0.392 e. The Morgan fingerprint density at radius 1 is 1.35 bits per heavy atom. The predicted octanol–water partition coefficient (Wildman–Crippen LogP) is 0.761. The van der Waals surface area contributed by atoms with Gasteiger partial charge >= 0.3 is 0 Å². The molecule has 0 atom stereocenters. The first-order valence-corrected chi connectivity index (χ1v) is 7.81. The lowest BCUT2D eigenvalue weighted by Crippen LogP contribution is -2.58. The molecule has 0 unspecified atom stereocenters. The van der Waals surface area contributed by atoms with Crippen LogP contribution < -0.4 is 10.5 Å². The molecule has 1 heterocycles. The molecule has 100 valence electrons. The number of nitrogens with two attached hydrogens (primary N) is 1. The SMILES string of the molecule is CCC(CC)(NS(=O)(=O)N1CCCC1)C(N)=S. The van der Waals surface area contributed by atoms with Gasteiger partial charge in [-0.2, -0.15) is 17.4 Å². The van der Waals surface area contributed by atoms with E-state index in [0.29, 0.717) is 25.9 Å². The highest BCUT2D eigenvalue weighted by Crippen LogP contribution is 2.20. The van der Waals surface area contributed by atoms with E-state index in [1.807, 2.05) is 13.8 Å². The van der Waals surface area contributed by atoms with E-state index >= 15 is 0 Å². The van der Waals surface area contributed by atoms with Gasteiger partial charge in [-0.25, -0.2) is 0 Å². The number of hydrogen-bond donors (Lipinski definition) is 2. The molecule has 0 radical (unpaired) electrons. The van der Waals surface area contributed by atoms with E-state index in [-0.39, 0.29) is 4.99 Å². The lowest BCUT2D eigenvalue weighted by Gasteiger charge is -2.33. The summed E-state index contributed by atoms with van der Waals surface area (Å²) in [6.07, 6.45) is 2.95. The quantitative estimate of drug-likeness (QED) is 0.704. The van der Waals surface area contributed by atoms with Crippen molar-refractivity contribution in [3.63, 3.8) is 0 Å². The second-order valence-electron chi connectivity index (χ2n) is 4.37. The number of nitrogens with zero attached hydrogens (tertiary/aromatic N) is 1. The molecule has 1 saturated heterocycles. The van der Waals surface area contributed by atoms with Crippen LogP contribution in [0.25, 0.3) is 0 Å². The summed E-state index contributed by atoms with van der Waals surface area (Å²) in [6, 6.07) is 0. The summed E-state index contributed by atoms with van der Waals surface area (Å²) in [5.74, 6) is 0. The Morgan fingerprint density at radius 2 is 1.82 bits per heavy atom. The Morgan fingerprint density at radius 3 is 2.18 bits per heavy atom. The minimum atomic E-state index is -3.47. The molecule has 0 amide bonds. The zero-order chi connectivity index (χ0) is 13.1. The molecular formula is C10H21N3O2S2. The van der Waals surface area contributed by atoms with Gasteiger partial charge in [-0.15, -0.1) is 0 Å². The van der Waals surface area contributed by atoms with E-state index in [1.54, 1.807) is 0 Å². The molecule has 1 rings (SSSR count). The fourth-order valence-corrected chi connectivity index (χ4v) is 4.20. The van der Waals surface area contributed by atoms with Crippen molar-refractivity contribution >= 4 is 27.4 Å². The maximum Gasteiger partial charge on any atom is 0.280 e. The lowest BCUT2D eigenvalue weighted by atomic mass is 9.94. The van der Waals surface area contributed by atoms with Crippen molar-refractivity contribution in [3.8, 4) is 0 Å². The molecule has 0 bridgehead atoms. The summed E-state index contributed by atoms with van der Waals surface area (Å²) in [6.45, 7) is 4.93. The van der Waals surface area contributed by atoms with Crippen molar-refractivity contribution in [2.75, 3.05) is 13.1 Å². The van der Waals surface area contributed by atoms with Crippen molar-refractivity contribution in [1.29, 1.82) is 0 Å². The zero-order valence-electron chi connectivity index (χ0n) is 10.4. The van der Waals surface area contributed by atoms with Gasteiger partial charge in [0, 0.05) is 13.1 Å². The molecule has 0 aliphatic carbocycles. The molecule has 0 spiro atoms. The smallest absolute Gasteiger partial charge is 0.280 e. The van der Waals surface area contributed by atoms with Gasteiger partial charge in [-0.1, -0.05) is 26.1 Å². The van der Waals surface area contributed by atoms with Crippen LogP contribution in [-0.4, -0.2) is 36.3 Å². The minimum absolute atomic E-state index is 0.213. The molecule has 1 aliphatic rings. The molecule has 5 nitrogen and oxygen atoms in total. The highest BCUT2D eigenvalue weighted by Gasteiger charge is 2.37. The highest BCUT2D eigenvalue weighted by atomic mass is 32.2. The maximum absolute atomic E-state index is 12.2. The molecule has 0 aromatic carbocycles. The first-order valence-electron chi connectivity index (χ1n) is 5.97. The van der Waals surface area contributed by atoms with Gasteiger partial charge in [0.05, 0.1) is 10.5 Å². The molecule has 3 N–H and O–H groups in total. The molecule has 0 aromatic heterocycles. The Balaban J connectivity index is 2.89. The standard InChI is InChI=1S/C10H21N3O2S2/c1-3-10(4-2,9(11)16)12-17(14,15)13-7-5-6-8-13/h12H,3-8H2,1-2H3,(H2,11,16). The topological polar surface area (TPSA) is 75.4 Å². The lowest BCUT2D eigenvalue weighted by molar-refractivity contribution is 0.417. The largest absolute Gasteiger partial charge is 0.392 e. The third-order valence-corrected chi connectivity index (χ3v) is 5.49. The summed E-state index contributed by atoms with van der Waals surface area (Å²) in [4.78, 5) is 0.213. The second-order valence-corrected chi connectivity index (χ2v) is 6.48. The van der Waals surface area contributed by atoms with Crippen LogP contribution in [0.3, 0.4) is 0 Å². The molecule has 1 fully saturated rings. The van der Waals surface area contributed by atoms with Crippen molar-refractivity contribution in [2.45, 2.75) is 45.1 Å². The van der Waals surface area contributed by atoms with Crippen LogP contribution >= 0.6 is 12.2 Å². The van der Waals surface area contributed by atoms with Crippen molar-refractivity contribution in [3.05, 3.63) is 0 Å². The normalized spacial score (nSPS) is 18.5. The fraction of sp³-hybridized carbons (Fsp3) is 0.900. The summed E-state index contributed by atoms with van der Waals surface area (Å²) in [7, 11) is -3.47. The van der Waals surface area contributed by atoms with Crippen molar-refractivity contribution in [2.24, 2.45) is 5.73 Å². The first-order chi connectivity index (χ1) is 7.88. The van der Waals surface area contributed by atoms with Crippen LogP contribution in [0.1, 0.15) is 39.5 Å².